The fourth-order valence-electron chi connectivity index (χ4n) is 7.39. The Balaban J connectivity index is 1.34. The van der Waals surface area contributed by atoms with Crippen LogP contribution in [0.2, 0.25) is 0 Å². The molecule has 0 spiro atoms. The van der Waals surface area contributed by atoms with Crippen molar-refractivity contribution in [3.63, 3.8) is 0 Å². The molecule has 0 fully saturated rings. The van der Waals surface area contributed by atoms with Crippen molar-refractivity contribution in [2.75, 3.05) is 0 Å². The predicted molar refractivity (Wildman–Crippen MR) is 234 cm³/mol. The van der Waals surface area contributed by atoms with Crippen LogP contribution >= 0.6 is 0 Å². The van der Waals surface area contributed by atoms with Crippen LogP contribution in [-0.4, -0.2) is 19.5 Å². The highest BCUT2D eigenvalue weighted by Crippen LogP contribution is 2.39. The van der Waals surface area contributed by atoms with E-state index in [1.165, 1.54) is 10.8 Å². The first-order valence-electron chi connectivity index (χ1n) is 18.8. The van der Waals surface area contributed by atoms with E-state index in [1.807, 2.05) is 48.6 Å². The molecule has 0 aliphatic rings. The number of hydrogen-bond acceptors (Lipinski definition) is 3. The minimum atomic E-state index is 0.599. The Hall–Kier alpha value is -7.43. The van der Waals surface area contributed by atoms with Crippen molar-refractivity contribution >= 4 is 27.4 Å². The van der Waals surface area contributed by atoms with Crippen LogP contribution in [0.4, 0.5) is 0 Å². The Kier molecular flexibility index (Phi) is 9.28. The molecule has 0 saturated heterocycles. The second kappa shape index (κ2) is 15.1. The number of allylic oxidation sites excluding steroid dienone is 5. The maximum absolute atomic E-state index is 5.26. The van der Waals surface area contributed by atoms with Crippen LogP contribution in [-0.2, 0) is 0 Å². The lowest BCUT2D eigenvalue weighted by atomic mass is 9.92. The second-order valence-electron chi connectivity index (χ2n) is 13.8. The highest BCUT2D eigenvalue weighted by Gasteiger charge is 2.20. The van der Waals surface area contributed by atoms with Gasteiger partial charge < -0.3 is 4.57 Å². The number of aromatic nitrogens is 4. The molecule has 9 rings (SSSR count). The molecule has 2 aromatic heterocycles. The molecule has 0 saturated carbocycles. The lowest BCUT2D eigenvalue weighted by Crippen LogP contribution is -2.04. The molecule has 0 aliphatic heterocycles. The van der Waals surface area contributed by atoms with Crippen LogP contribution in [0.5, 0.6) is 0 Å². The van der Waals surface area contributed by atoms with Gasteiger partial charge in [-0.2, -0.15) is 0 Å². The molecule has 4 nitrogen and oxygen atoms in total. The zero-order valence-electron chi connectivity index (χ0n) is 31.0. The topological polar surface area (TPSA) is 43.6 Å². The molecule has 0 aliphatic carbocycles. The van der Waals surface area contributed by atoms with E-state index >= 15 is 0 Å². The van der Waals surface area contributed by atoms with Gasteiger partial charge in [0.25, 0.3) is 0 Å². The Bertz CT molecular complexity index is 2810. The number of hydrogen-bond donors (Lipinski definition) is 0. The van der Waals surface area contributed by atoms with E-state index < -0.39 is 0 Å². The van der Waals surface area contributed by atoms with Gasteiger partial charge in [-0.15, -0.1) is 0 Å². The van der Waals surface area contributed by atoms with E-state index in [0.717, 1.165) is 66.8 Å². The number of nitrogens with zero attached hydrogens (tertiary/aromatic N) is 4. The highest BCUT2D eigenvalue weighted by molar-refractivity contribution is 6.09. The molecule has 7 aromatic carbocycles. The second-order valence-corrected chi connectivity index (χ2v) is 13.8. The van der Waals surface area contributed by atoms with Gasteiger partial charge in [0, 0.05) is 27.5 Å². The summed E-state index contributed by atoms with van der Waals surface area (Å²) in [6.07, 6.45) is 7.91. The smallest absolute Gasteiger partial charge is 0.166 e. The molecule has 56 heavy (non-hydrogen) atoms. The standard InChI is InChI=1S/C52H38N4/c1-3-4-8-19-36(2)41-32-42(37-20-9-5-10-21-37)34-43(33-41)40-30-31-49(56-47-28-17-15-26-44(47)45-27-16-18-29-48(45)56)46(35-40)52-54-50(38-22-11-6-12-23-38)53-51(55-52)39-24-13-7-14-25-39/h3-35H,1H2,2H3/b8-4-,36-19+. The van der Waals surface area contributed by atoms with Crippen LogP contribution in [0, 0.1) is 0 Å². The van der Waals surface area contributed by atoms with Crippen LogP contribution in [0.15, 0.2) is 207 Å². The summed E-state index contributed by atoms with van der Waals surface area (Å²) in [7, 11) is 0. The van der Waals surface area contributed by atoms with Crippen molar-refractivity contribution in [1.82, 2.24) is 19.5 Å². The molecule has 0 radical (unpaired) electrons. The quantitative estimate of drug-likeness (QED) is 0.140. The van der Waals surface area contributed by atoms with E-state index in [1.54, 1.807) is 6.08 Å². The van der Waals surface area contributed by atoms with Crippen molar-refractivity contribution in [2.45, 2.75) is 6.92 Å². The Morgan fingerprint density at radius 2 is 0.964 bits per heavy atom. The van der Waals surface area contributed by atoms with Crippen molar-refractivity contribution in [2.24, 2.45) is 0 Å². The van der Waals surface area contributed by atoms with Crippen LogP contribution in [0.25, 0.3) is 89.5 Å². The molecule has 0 atom stereocenters. The summed E-state index contributed by atoms with van der Waals surface area (Å²) >= 11 is 0. The number of rotatable bonds is 9. The Morgan fingerprint density at radius 3 is 1.54 bits per heavy atom. The third-order valence-electron chi connectivity index (χ3n) is 10.2. The van der Waals surface area contributed by atoms with Crippen LogP contribution in [0.1, 0.15) is 12.5 Å². The fraction of sp³-hybridized carbons (Fsp3) is 0.0192. The molecule has 0 unspecified atom stereocenters. The average Bonchev–Trinajstić information content (AvgIpc) is 3.61. The molecular formula is C52H38N4. The van der Waals surface area contributed by atoms with Crippen molar-refractivity contribution in [3.05, 3.63) is 212 Å². The summed E-state index contributed by atoms with van der Waals surface area (Å²) in [5, 5.41) is 2.38. The van der Waals surface area contributed by atoms with E-state index in [-0.39, 0.29) is 0 Å². The van der Waals surface area contributed by atoms with Gasteiger partial charge >= 0.3 is 0 Å². The molecule has 266 valence electrons. The molecule has 0 N–H and O–H groups in total. The largest absolute Gasteiger partial charge is 0.309 e. The average molecular weight is 719 g/mol. The Labute approximate surface area is 327 Å². The summed E-state index contributed by atoms with van der Waals surface area (Å²) in [6.45, 7) is 6.00. The number of fused-ring (bicyclic) bond motifs is 3. The van der Waals surface area contributed by atoms with E-state index in [2.05, 4.69) is 164 Å². The van der Waals surface area contributed by atoms with Gasteiger partial charge in [0.05, 0.1) is 16.7 Å². The lowest BCUT2D eigenvalue weighted by Gasteiger charge is -2.17. The summed E-state index contributed by atoms with van der Waals surface area (Å²) < 4.78 is 2.35. The van der Waals surface area contributed by atoms with E-state index in [4.69, 9.17) is 15.0 Å². The van der Waals surface area contributed by atoms with Gasteiger partial charge in [-0.25, -0.2) is 15.0 Å². The number of benzene rings is 7. The SMILES string of the molecule is C=C/C=C\C=C(/C)c1cc(-c2ccccc2)cc(-c2ccc(-n3c4ccccc4c4ccccc43)c(-c3nc(-c4ccccc4)nc(-c4ccccc4)n3)c2)c1. The normalized spacial score (nSPS) is 11.8. The van der Waals surface area contributed by atoms with Gasteiger partial charge in [-0.05, 0) is 82.8 Å². The first kappa shape index (κ1) is 34.3. The third-order valence-corrected chi connectivity index (χ3v) is 10.2. The maximum Gasteiger partial charge on any atom is 0.166 e. The first-order valence-corrected chi connectivity index (χ1v) is 18.8. The van der Waals surface area contributed by atoms with Crippen LogP contribution in [0.3, 0.4) is 0 Å². The van der Waals surface area contributed by atoms with Gasteiger partial charge in [-0.1, -0.05) is 164 Å². The molecule has 0 amide bonds. The molecule has 9 aromatic rings. The summed E-state index contributed by atoms with van der Waals surface area (Å²) in [4.78, 5) is 15.5. The van der Waals surface area contributed by atoms with Crippen LogP contribution < -0.4 is 0 Å². The van der Waals surface area contributed by atoms with E-state index in [0.29, 0.717) is 17.5 Å². The van der Waals surface area contributed by atoms with Crippen molar-refractivity contribution in [1.29, 1.82) is 0 Å². The van der Waals surface area contributed by atoms with Gasteiger partial charge in [0.1, 0.15) is 0 Å². The highest BCUT2D eigenvalue weighted by atomic mass is 15.1. The molecule has 2 heterocycles. The van der Waals surface area contributed by atoms with Gasteiger partial charge in [0.2, 0.25) is 0 Å². The fourth-order valence-corrected chi connectivity index (χ4v) is 7.39. The molecular weight excluding hydrogens is 681 g/mol. The van der Waals surface area contributed by atoms with Gasteiger partial charge in [0.15, 0.2) is 17.5 Å². The number of para-hydroxylation sites is 2. The summed E-state index contributed by atoms with van der Waals surface area (Å²) in [6, 6.07) is 61.6. The van der Waals surface area contributed by atoms with Crippen molar-refractivity contribution in [3.8, 4) is 62.1 Å². The summed E-state index contributed by atoms with van der Waals surface area (Å²) in [5.74, 6) is 1.84. The van der Waals surface area contributed by atoms with Crippen molar-refractivity contribution < 1.29 is 0 Å². The monoisotopic (exact) mass is 718 g/mol. The first-order chi connectivity index (χ1) is 27.6. The zero-order chi connectivity index (χ0) is 37.8. The summed E-state index contributed by atoms with van der Waals surface area (Å²) in [5.41, 5.74) is 12.7. The molecule has 0 bridgehead atoms. The maximum atomic E-state index is 5.26. The predicted octanol–water partition coefficient (Wildman–Crippen LogP) is 13.4. The third kappa shape index (κ3) is 6.65. The van der Waals surface area contributed by atoms with Gasteiger partial charge in [-0.3, -0.25) is 0 Å². The zero-order valence-corrected chi connectivity index (χ0v) is 31.0. The van der Waals surface area contributed by atoms with E-state index in [9.17, 15) is 0 Å². The minimum absolute atomic E-state index is 0.599. The minimum Gasteiger partial charge on any atom is -0.309 e. The Morgan fingerprint density at radius 1 is 0.464 bits per heavy atom. The lowest BCUT2D eigenvalue weighted by molar-refractivity contribution is 1.06. The molecule has 4 heteroatoms.